The molecule has 2 rings (SSSR count). The first kappa shape index (κ1) is 16.8. The first-order valence-electron chi connectivity index (χ1n) is 7.28. The quantitative estimate of drug-likeness (QED) is 0.784. The third-order valence-corrected chi connectivity index (χ3v) is 4.60. The second-order valence-electron chi connectivity index (χ2n) is 5.00. The van der Waals surface area contributed by atoms with Crippen LogP contribution in [0.4, 0.5) is 0 Å². The van der Waals surface area contributed by atoms with Gasteiger partial charge in [0, 0.05) is 12.0 Å². The van der Waals surface area contributed by atoms with Crippen LogP contribution in [0.1, 0.15) is 51.5 Å². The molecule has 1 fully saturated rings. The first-order chi connectivity index (χ1) is 9.18. The van der Waals surface area contributed by atoms with Crippen molar-refractivity contribution in [2.75, 3.05) is 13.6 Å². The van der Waals surface area contributed by atoms with Crippen molar-refractivity contribution in [1.82, 2.24) is 5.32 Å². The van der Waals surface area contributed by atoms with Gasteiger partial charge in [0.1, 0.15) is 0 Å². The van der Waals surface area contributed by atoms with Gasteiger partial charge in [-0.2, -0.15) is 0 Å². The molecule has 0 aliphatic heterocycles. The van der Waals surface area contributed by atoms with Crippen LogP contribution in [0.15, 0.2) is 18.2 Å². The van der Waals surface area contributed by atoms with E-state index in [-0.39, 0.29) is 5.41 Å². The van der Waals surface area contributed by atoms with Crippen molar-refractivity contribution in [1.29, 1.82) is 0 Å². The number of hydrogen-bond acceptors (Lipinski definition) is 1. The van der Waals surface area contributed by atoms with E-state index in [4.69, 9.17) is 23.2 Å². The van der Waals surface area contributed by atoms with Gasteiger partial charge < -0.3 is 5.32 Å². The average molecular weight is 302 g/mol. The van der Waals surface area contributed by atoms with Gasteiger partial charge in [-0.25, -0.2) is 0 Å². The minimum atomic E-state index is 0.251. The maximum absolute atomic E-state index is 6.14. The summed E-state index contributed by atoms with van der Waals surface area (Å²) in [7, 11) is 2.02. The van der Waals surface area contributed by atoms with Crippen molar-refractivity contribution in [3.8, 4) is 0 Å². The molecule has 1 aromatic rings. The van der Waals surface area contributed by atoms with Gasteiger partial charge in [-0.15, -0.1) is 0 Å². The van der Waals surface area contributed by atoms with Gasteiger partial charge in [0.15, 0.2) is 0 Å². The molecule has 3 heteroatoms. The van der Waals surface area contributed by atoms with Crippen LogP contribution < -0.4 is 5.32 Å². The minimum absolute atomic E-state index is 0.251. The standard InChI is InChI=1S/C14H19Cl2N.C2H6/c1-17-10-14(7-3-2-4-8-14)11-5-6-12(15)13(16)9-11;1-2/h5-6,9,17H,2-4,7-8,10H2,1H3;1-2H3. The monoisotopic (exact) mass is 301 g/mol. The van der Waals surface area contributed by atoms with E-state index in [1.54, 1.807) is 0 Å². The Morgan fingerprint density at radius 1 is 1.05 bits per heavy atom. The number of halogens is 2. The summed E-state index contributed by atoms with van der Waals surface area (Å²) in [5.41, 5.74) is 1.59. The predicted octanol–water partition coefficient (Wildman–Crippen LogP) is 5.44. The summed E-state index contributed by atoms with van der Waals surface area (Å²) in [4.78, 5) is 0. The van der Waals surface area contributed by atoms with Gasteiger partial charge in [-0.1, -0.05) is 62.4 Å². The fraction of sp³-hybridized carbons (Fsp3) is 0.625. The van der Waals surface area contributed by atoms with Crippen LogP contribution in [-0.4, -0.2) is 13.6 Å². The Morgan fingerprint density at radius 3 is 2.21 bits per heavy atom. The molecule has 0 aromatic heterocycles. The van der Waals surface area contributed by atoms with Crippen LogP contribution in [0.5, 0.6) is 0 Å². The maximum atomic E-state index is 6.14. The summed E-state index contributed by atoms with van der Waals surface area (Å²) < 4.78 is 0. The van der Waals surface area contributed by atoms with Crippen molar-refractivity contribution >= 4 is 23.2 Å². The molecule has 19 heavy (non-hydrogen) atoms. The molecule has 0 heterocycles. The van der Waals surface area contributed by atoms with Crippen molar-refractivity contribution < 1.29 is 0 Å². The van der Waals surface area contributed by atoms with Crippen molar-refractivity contribution in [3.63, 3.8) is 0 Å². The van der Waals surface area contributed by atoms with E-state index in [1.165, 1.54) is 37.7 Å². The molecule has 0 saturated heterocycles. The van der Waals surface area contributed by atoms with Gasteiger partial charge in [-0.05, 0) is 37.6 Å². The lowest BCUT2D eigenvalue weighted by Gasteiger charge is -2.38. The molecular formula is C16H25Cl2N. The number of likely N-dealkylation sites (N-methyl/N-ethyl adjacent to an activating group) is 1. The molecule has 1 N–H and O–H groups in total. The van der Waals surface area contributed by atoms with Gasteiger partial charge in [0.2, 0.25) is 0 Å². The summed E-state index contributed by atoms with van der Waals surface area (Å²) in [6.07, 6.45) is 6.45. The Hall–Kier alpha value is -0.240. The Morgan fingerprint density at radius 2 is 1.68 bits per heavy atom. The Balaban J connectivity index is 0.000000861. The summed E-state index contributed by atoms with van der Waals surface area (Å²) in [5.74, 6) is 0. The SMILES string of the molecule is CC.CNCC1(c2ccc(Cl)c(Cl)c2)CCCCC1. The van der Waals surface area contributed by atoms with Crippen molar-refractivity contribution in [2.24, 2.45) is 0 Å². The van der Waals surface area contributed by atoms with Crippen molar-refractivity contribution in [2.45, 2.75) is 51.4 Å². The molecule has 1 aromatic carbocycles. The third kappa shape index (κ3) is 4.11. The fourth-order valence-electron chi connectivity index (χ4n) is 2.96. The van der Waals surface area contributed by atoms with Crippen LogP contribution in [0.3, 0.4) is 0 Å². The largest absolute Gasteiger partial charge is 0.319 e. The fourth-order valence-corrected chi connectivity index (χ4v) is 3.26. The maximum Gasteiger partial charge on any atom is 0.0595 e. The summed E-state index contributed by atoms with van der Waals surface area (Å²) in [6, 6.07) is 6.11. The number of rotatable bonds is 3. The molecule has 0 bridgehead atoms. The van der Waals surface area contributed by atoms with Crippen LogP contribution in [0.25, 0.3) is 0 Å². The normalized spacial score (nSPS) is 17.5. The van der Waals surface area contributed by atoms with E-state index >= 15 is 0 Å². The molecular weight excluding hydrogens is 277 g/mol. The highest BCUT2D eigenvalue weighted by Crippen LogP contribution is 2.40. The number of hydrogen-bond donors (Lipinski definition) is 1. The van der Waals surface area contributed by atoms with Crippen LogP contribution in [0, 0.1) is 0 Å². The van der Waals surface area contributed by atoms with E-state index in [0.29, 0.717) is 10.0 Å². The van der Waals surface area contributed by atoms with E-state index in [9.17, 15) is 0 Å². The zero-order valence-electron chi connectivity index (χ0n) is 12.2. The molecule has 0 amide bonds. The lowest BCUT2D eigenvalue weighted by atomic mass is 9.69. The molecule has 108 valence electrons. The van der Waals surface area contributed by atoms with Gasteiger partial charge in [-0.3, -0.25) is 0 Å². The molecule has 0 spiro atoms. The minimum Gasteiger partial charge on any atom is -0.319 e. The van der Waals surface area contributed by atoms with Crippen LogP contribution in [0.2, 0.25) is 10.0 Å². The Bertz CT molecular complexity index is 379. The van der Waals surface area contributed by atoms with Crippen LogP contribution in [-0.2, 0) is 5.41 Å². The molecule has 1 aliphatic rings. The van der Waals surface area contributed by atoms with E-state index < -0.39 is 0 Å². The average Bonchev–Trinajstić information content (AvgIpc) is 2.45. The molecule has 1 nitrogen and oxygen atoms in total. The highest BCUT2D eigenvalue weighted by Gasteiger charge is 2.33. The number of benzene rings is 1. The number of nitrogens with one attached hydrogen (secondary N) is 1. The molecule has 1 saturated carbocycles. The second kappa shape index (κ2) is 8.14. The van der Waals surface area contributed by atoms with Gasteiger partial charge >= 0.3 is 0 Å². The van der Waals surface area contributed by atoms with E-state index in [1.807, 2.05) is 33.0 Å². The summed E-state index contributed by atoms with van der Waals surface area (Å²) in [6.45, 7) is 5.02. The smallest absolute Gasteiger partial charge is 0.0595 e. The summed E-state index contributed by atoms with van der Waals surface area (Å²) in [5, 5.41) is 4.65. The highest BCUT2D eigenvalue weighted by atomic mass is 35.5. The Labute approximate surface area is 127 Å². The molecule has 0 radical (unpaired) electrons. The lowest BCUT2D eigenvalue weighted by molar-refractivity contribution is 0.286. The van der Waals surface area contributed by atoms with Gasteiger partial charge in [0.25, 0.3) is 0 Å². The zero-order valence-corrected chi connectivity index (χ0v) is 13.7. The third-order valence-electron chi connectivity index (χ3n) is 3.86. The molecule has 0 unspecified atom stereocenters. The van der Waals surface area contributed by atoms with Crippen LogP contribution >= 0.6 is 23.2 Å². The zero-order chi connectivity index (χ0) is 14.3. The summed E-state index contributed by atoms with van der Waals surface area (Å²) >= 11 is 12.1. The topological polar surface area (TPSA) is 12.0 Å². The Kier molecular flexibility index (Phi) is 7.20. The lowest BCUT2D eigenvalue weighted by Crippen LogP contribution is -2.38. The first-order valence-corrected chi connectivity index (χ1v) is 8.04. The highest BCUT2D eigenvalue weighted by molar-refractivity contribution is 6.42. The molecule has 0 atom stereocenters. The van der Waals surface area contributed by atoms with E-state index in [0.717, 1.165) is 6.54 Å². The van der Waals surface area contributed by atoms with Crippen molar-refractivity contribution in [3.05, 3.63) is 33.8 Å². The predicted molar refractivity (Wildman–Crippen MR) is 86.5 cm³/mol. The van der Waals surface area contributed by atoms with E-state index in [2.05, 4.69) is 11.4 Å². The second-order valence-corrected chi connectivity index (χ2v) is 5.81. The van der Waals surface area contributed by atoms with Gasteiger partial charge in [0.05, 0.1) is 10.0 Å². The molecule has 1 aliphatic carbocycles.